The Balaban J connectivity index is 2.20. The Labute approximate surface area is 117 Å². The zero-order chi connectivity index (χ0) is 14.6. The molecule has 0 amide bonds. The lowest BCUT2D eigenvalue weighted by Crippen LogP contribution is -2.10. The van der Waals surface area contributed by atoms with E-state index in [1.165, 1.54) is 31.2 Å². The lowest BCUT2D eigenvalue weighted by molar-refractivity contribution is 0.609. The maximum Gasteiger partial charge on any atom is 0.255 e. The van der Waals surface area contributed by atoms with E-state index >= 15 is 0 Å². The lowest BCUT2D eigenvalue weighted by atomic mass is 10.2. The largest absolute Gasteiger partial charge is 0.280 e. The van der Waals surface area contributed by atoms with Gasteiger partial charge in [-0.2, -0.15) is 0 Å². The smallest absolute Gasteiger partial charge is 0.255 e. The molecule has 2 rings (SSSR count). The van der Waals surface area contributed by atoms with Gasteiger partial charge in [0, 0.05) is 5.56 Å². The highest BCUT2D eigenvalue weighted by Crippen LogP contribution is 2.19. The van der Waals surface area contributed by atoms with Crippen molar-refractivity contribution in [3.8, 4) is 0 Å². The molecule has 2 aromatic rings. The van der Waals surface area contributed by atoms with Gasteiger partial charge in [0.1, 0.15) is 5.82 Å². The van der Waals surface area contributed by atoms with E-state index in [1.54, 1.807) is 12.1 Å². The number of sulfonamides is 1. The summed E-state index contributed by atoms with van der Waals surface area (Å²) in [7, 11) is -3.67. The Kier molecular flexibility index (Phi) is 4.20. The summed E-state index contributed by atoms with van der Waals surface area (Å²) < 4.78 is 39.5. The van der Waals surface area contributed by atoms with Crippen molar-refractivity contribution in [3.63, 3.8) is 0 Å². The third-order valence-corrected chi connectivity index (χ3v) is 3.76. The molecule has 20 heavy (non-hydrogen) atoms. The molecule has 0 bridgehead atoms. The van der Waals surface area contributed by atoms with Crippen LogP contribution in [0.2, 0.25) is 0 Å². The summed E-state index contributed by atoms with van der Waals surface area (Å²) in [6.45, 7) is 1.52. The maximum atomic E-state index is 13.4. The topological polar surface area (TPSA) is 46.2 Å². The molecule has 0 aliphatic rings. The van der Waals surface area contributed by atoms with Crippen molar-refractivity contribution in [1.82, 2.24) is 0 Å². The highest BCUT2D eigenvalue weighted by atomic mass is 32.2. The zero-order valence-corrected chi connectivity index (χ0v) is 11.7. The third-order valence-electron chi connectivity index (χ3n) is 2.76. The molecule has 1 N–H and O–H groups in total. The third kappa shape index (κ3) is 3.68. The van der Waals surface area contributed by atoms with Crippen LogP contribution in [0, 0.1) is 12.7 Å². The van der Waals surface area contributed by atoms with Gasteiger partial charge in [-0.15, -0.1) is 0 Å². The number of halogens is 1. The number of benzene rings is 2. The van der Waals surface area contributed by atoms with E-state index in [0.29, 0.717) is 0 Å². The predicted octanol–water partition coefficient (Wildman–Crippen LogP) is 3.55. The second-order valence-corrected chi connectivity index (χ2v) is 5.84. The van der Waals surface area contributed by atoms with Crippen LogP contribution in [0.15, 0.2) is 53.9 Å². The normalized spacial score (nSPS) is 11.7. The molecule has 0 unspecified atom stereocenters. The van der Waals surface area contributed by atoms with E-state index in [1.807, 2.05) is 18.2 Å². The molecule has 0 saturated carbocycles. The van der Waals surface area contributed by atoms with Crippen LogP contribution in [0.5, 0.6) is 0 Å². The maximum absolute atomic E-state index is 13.4. The summed E-state index contributed by atoms with van der Waals surface area (Å²) in [5, 5.41) is 1.06. The first-order chi connectivity index (χ1) is 9.48. The van der Waals surface area contributed by atoms with E-state index in [-0.39, 0.29) is 11.3 Å². The minimum absolute atomic E-state index is 0.239. The first-order valence-corrected chi connectivity index (χ1v) is 7.54. The Morgan fingerprint density at radius 2 is 1.75 bits per heavy atom. The summed E-state index contributed by atoms with van der Waals surface area (Å²) in [5.74, 6) is -0.447. The Morgan fingerprint density at radius 1 is 1.05 bits per heavy atom. The van der Waals surface area contributed by atoms with Gasteiger partial charge in [-0.05, 0) is 30.7 Å². The van der Waals surface area contributed by atoms with E-state index in [9.17, 15) is 12.8 Å². The second-order valence-electron chi connectivity index (χ2n) is 4.27. The van der Waals surface area contributed by atoms with Crippen LogP contribution in [0.25, 0.3) is 6.08 Å². The van der Waals surface area contributed by atoms with Gasteiger partial charge in [0.25, 0.3) is 10.0 Å². The minimum Gasteiger partial charge on any atom is -0.280 e. The van der Waals surface area contributed by atoms with E-state index in [4.69, 9.17) is 0 Å². The standard InChI is InChI=1S/C15H14FNO2S/c1-12-14(16)8-5-9-15(12)17-20(18,19)11-10-13-6-3-2-4-7-13/h2-11,17H,1H3/b11-10+. The number of anilines is 1. The number of nitrogens with one attached hydrogen (secondary N) is 1. The summed E-state index contributed by atoms with van der Waals surface area (Å²) in [4.78, 5) is 0. The van der Waals surface area contributed by atoms with E-state index < -0.39 is 15.8 Å². The quantitative estimate of drug-likeness (QED) is 0.936. The van der Waals surface area contributed by atoms with Gasteiger partial charge in [0.05, 0.1) is 11.1 Å². The number of rotatable bonds is 4. The molecule has 0 aromatic heterocycles. The van der Waals surface area contributed by atoms with Gasteiger partial charge < -0.3 is 0 Å². The summed E-state index contributed by atoms with van der Waals surface area (Å²) >= 11 is 0. The summed E-state index contributed by atoms with van der Waals surface area (Å²) in [6.07, 6.45) is 1.48. The Bertz CT molecular complexity index is 725. The summed E-state index contributed by atoms with van der Waals surface area (Å²) in [5.41, 5.74) is 1.28. The van der Waals surface area contributed by atoms with E-state index in [0.717, 1.165) is 11.0 Å². The molecule has 2 aromatic carbocycles. The van der Waals surface area contributed by atoms with Gasteiger partial charge in [-0.3, -0.25) is 4.72 Å². The second kappa shape index (κ2) is 5.88. The van der Waals surface area contributed by atoms with Crippen molar-refractivity contribution in [2.24, 2.45) is 0 Å². The average Bonchev–Trinajstić information content (AvgIpc) is 2.43. The van der Waals surface area contributed by atoms with Crippen LogP contribution in [0.3, 0.4) is 0 Å². The number of hydrogen-bond donors (Lipinski definition) is 1. The first-order valence-electron chi connectivity index (χ1n) is 5.99. The SMILES string of the molecule is Cc1c(F)cccc1NS(=O)(=O)/C=C/c1ccccc1. The molecule has 0 radical (unpaired) electrons. The van der Waals surface area contributed by atoms with Gasteiger partial charge in [0.2, 0.25) is 0 Å². The molecule has 0 spiro atoms. The molecule has 0 aliphatic carbocycles. The van der Waals surface area contributed by atoms with Crippen LogP contribution < -0.4 is 4.72 Å². The van der Waals surface area contributed by atoms with Crippen molar-refractivity contribution in [2.45, 2.75) is 6.92 Å². The summed E-state index contributed by atoms with van der Waals surface area (Å²) in [6, 6.07) is 13.3. The molecule has 0 atom stereocenters. The van der Waals surface area contributed by atoms with Crippen molar-refractivity contribution in [2.75, 3.05) is 4.72 Å². The van der Waals surface area contributed by atoms with Crippen LogP contribution in [0.1, 0.15) is 11.1 Å². The van der Waals surface area contributed by atoms with Crippen LogP contribution in [-0.2, 0) is 10.0 Å². The molecular weight excluding hydrogens is 277 g/mol. The van der Waals surface area contributed by atoms with Crippen molar-refractivity contribution >= 4 is 21.8 Å². The zero-order valence-electron chi connectivity index (χ0n) is 10.9. The average molecular weight is 291 g/mol. The Hall–Kier alpha value is -2.14. The van der Waals surface area contributed by atoms with Crippen molar-refractivity contribution in [3.05, 3.63) is 70.9 Å². The lowest BCUT2D eigenvalue weighted by Gasteiger charge is -2.08. The van der Waals surface area contributed by atoms with Gasteiger partial charge in [-0.1, -0.05) is 36.4 Å². The van der Waals surface area contributed by atoms with Gasteiger partial charge in [-0.25, -0.2) is 12.8 Å². The van der Waals surface area contributed by atoms with Gasteiger partial charge in [0.15, 0.2) is 0 Å². The fraction of sp³-hybridized carbons (Fsp3) is 0.0667. The van der Waals surface area contributed by atoms with Crippen LogP contribution >= 0.6 is 0 Å². The molecule has 3 nitrogen and oxygen atoms in total. The fourth-order valence-electron chi connectivity index (χ4n) is 1.64. The van der Waals surface area contributed by atoms with Crippen molar-refractivity contribution in [1.29, 1.82) is 0 Å². The molecule has 104 valence electrons. The van der Waals surface area contributed by atoms with Gasteiger partial charge >= 0.3 is 0 Å². The molecule has 0 fully saturated rings. The Morgan fingerprint density at radius 3 is 2.45 bits per heavy atom. The number of hydrogen-bond acceptors (Lipinski definition) is 2. The fourth-order valence-corrected chi connectivity index (χ4v) is 2.57. The van der Waals surface area contributed by atoms with E-state index in [2.05, 4.69) is 4.72 Å². The molecule has 0 heterocycles. The highest BCUT2D eigenvalue weighted by Gasteiger charge is 2.09. The molecular formula is C15H14FNO2S. The highest BCUT2D eigenvalue weighted by molar-refractivity contribution is 7.95. The minimum atomic E-state index is -3.67. The molecule has 0 saturated heterocycles. The molecule has 5 heteroatoms. The molecule has 0 aliphatic heterocycles. The van der Waals surface area contributed by atoms with Crippen molar-refractivity contribution < 1.29 is 12.8 Å². The van der Waals surface area contributed by atoms with Crippen LogP contribution in [-0.4, -0.2) is 8.42 Å². The first kappa shape index (κ1) is 14.3. The monoisotopic (exact) mass is 291 g/mol. The predicted molar refractivity (Wildman–Crippen MR) is 79.2 cm³/mol. The van der Waals surface area contributed by atoms with Crippen LogP contribution in [0.4, 0.5) is 10.1 Å².